The molecule has 0 aromatic carbocycles. The molecule has 4 aliphatic rings. The van der Waals surface area contributed by atoms with Crippen LogP contribution in [-0.2, 0) is 54.0 Å². The fraction of sp³-hybridized carbons (Fsp3) is 0.830. The highest BCUT2D eigenvalue weighted by Gasteiger charge is 2.61. The van der Waals surface area contributed by atoms with Gasteiger partial charge in [-0.25, -0.2) is 9.97 Å². The summed E-state index contributed by atoms with van der Waals surface area (Å²) in [4.78, 5) is 40.0. The van der Waals surface area contributed by atoms with E-state index < -0.39 is 119 Å². The molecule has 6 heterocycles. The number of likely N-dealkylation sites (N-methyl/N-ethyl adjacent to an activating group) is 1. The van der Waals surface area contributed by atoms with E-state index in [-0.39, 0.29) is 25.0 Å². The number of imidazole rings is 1. The van der Waals surface area contributed by atoms with Crippen LogP contribution in [0.1, 0.15) is 88.0 Å². The normalized spacial score (nSPS) is 43.5. The van der Waals surface area contributed by atoms with Crippen molar-refractivity contribution >= 4 is 34.9 Å². The van der Waals surface area contributed by atoms with Crippen molar-refractivity contribution < 1.29 is 62.8 Å². The molecule has 4 saturated heterocycles. The molecule has 0 saturated carbocycles. The lowest BCUT2D eigenvalue weighted by Gasteiger charge is -2.48. The molecule has 4 aliphatic heterocycles. The number of thioether (sulfide) groups is 1. The third kappa shape index (κ3) is 10.7. The Bertz CT molecular complexity index is 1890. The number of carbonyl (C=O) groups is 2. The van der Waals surface area contributed by atoms with Crippen molar-refractivity contribution in [3.05, 3.63) is 24.7 Å². The van der Waals surface area contributed by atoms with E-state index in [1.807, 2.05) is 77.2 Å². The minimum Gasteiger partial charge on any atom is -0.458 e. The van der Waals surface area contributed by atoms with E-state index in [0.717, 1.165) is 11.2 Å². The van der Waals surface area contributed by atoms with Gasteiger partial charge in [0.1, 0.15) is 29.1 Å². The van der Waals surface area contributed by atoms with E-state index >= 15 is 0 Å². The first-order chi connectivity index (χ1) is 30.7. The second-order valence-corrected chi connectivity index (χ2v) is 21.0. The van der Waals surface area contributed by atoms with E-state index in [1.165, 1.54) is 18.9 Å². The number of esters is 2. The number of aliphatic hydroxyl groups excluding tert-OH is 3. The molecule has 2 aromatic rings. The molecular formula is C47H76N4O13S. The number of pyridine rings is 1. The highest BCUT2D eigenvalue weighted by atomic mass is 32.2. The number of aliphatic hydroxyl groups is 3. The fourth-order valence-corrected chi connectivity index (χ4v) is 12.4. The van der Waals surface area contributed by atoms with Crippen molar-refractivity contribution in [3.8, 4) is 0 Å². The van der Waals surface area contributed by atoms with E-state index in [9.17, 15) is 24.9 Å². The average Bonchev–Trinajstić information content (AvgIpc) is 3.80. The van der Waals surface area contributed by atoms with Crippen LogP contribution >= 0.6 is 11.8 Å². The van der Waals surface area contributed by atoms with Gasteiger partial charge in [-0.2, -0.15) is 0 Å². The van der Waals surface area contributed by atoms with Crippen molar-refractivity contribution in [1.29, 1.82) is 0 Å². The summed E-state index contributed by atoms with van der Waals surface area (Å²) < 4.78 is 53.4. The summed E-state index contributed by atoms with van der Waals surface area (Å²) >= 11 is 1.45. The molecule has 6 rings (SSSR count). The van der Waals surface area contributed by atoms with Gasteiger partial charge < -0.3 is 62.7 Å². The summed E-state index contributed by atoms with van der Waals surface area (Å²) in [6.45, 7) is 17.2. The number of hydrogen-bond acceptors (Lipinski definition) is 17. The predicted octanol–water partition coefficient (Wildman–Crippen LogP) is 4.21. The topological polar surface area (TPSA) is 203 Å². The number of hydrogen-bond donors (Lipinski definition) is 3. The van der Waals surface area contributed by atoms with Crippen LogP contribution in [0, 0.1) is 29.6 Å². The number of rotatable bonds is 12. The van der Waals surface area contributed by atoms with Crippen molar-refractivity contribution in [1.82, 2.24) is 19.4 Å². The molecule has 0 spiro atoms. The first-order valence-corrected chi connectivity index (χ1v) is 24.4. The van der Waals surface area contributed by atoms with Crippen LogP contribution in [0.2, 0.25) is 0 Å². The molecule has 1 unspecified atom stereocenters. The van der Waals surface area contributed by atoms with Crippen LogP contribution in [0.3, 0.4) is 0 Å². The number of aryl methyl sites for hydroxylation is 1. The van der Waals surface area contributed by atoms with Gasteiger partial charge in [-0.05, 0) is 91.9 Å². The highest BCUT2D eigenvalue weighted by Crippen LogP contribution is 2.50. The van der Waals surface area contributed by atoms with Crippen molar-refractivity contribution in [2.45, 2.75) is 185 Å². The lowest BCUT2D eigenvalue weighted by molar-refractivity contribution is -0.312. The van der Waals surface area contributed by atoms with Crippen molar-refractivity contribution in [3.63, 3.8) is 0 Å². The molecule has 0 amide bonds. The minimum atomic E-state index is -1.31. The van der Waals surface area contributed by atoms with Gasteiger partial charge in [0.25, 0.3) is 0 Å². The number of cyclic esters (lactones) is 1. The lowest BCUT2D eigenvalue weighted by atomic mass is 9.70. The second-order valence-electron chi connectivity index (χ2n) is 19.7. The first-order valence-electron chi connectivity index (χ1n) is 23.4. The molecular weight excluding hydrogens is 861 g/mol. The van der Waals surface area contributed by atoms with Crippen molar-refractivity contribution in [2.75, 3.05) is 34.1 Å². The van der Waals surface area contributed by atoms with Crippen LogP contribution in [0.4, 0.5) is 0 Å². The van der Waals surface area contributed by atoms with Gasteiger partial charge in [-0.1, -0.05) is 27.7 Å². The minimum absolute atomic E-state index is 0.146. The zero-order valence-corrected chi connectivity index (χ0v) is 41.4. The number of fused-ring (bicyclic) bond motifs is 2. The van der Waals surface area contributed by atoms with Gasteiger partial charge in [0.15, 0.2) is 23.8 Å². The molecule has 368 valence electrons. The molecule has 0 radical (unpaired) electrons. The van der Waals surface area contributed by atoms with E-state index in [0.29, 0.717) is 25.1 Å². The summed E-state index contributed by atoms with van der Waals surface area (Å²) in [6.07, 6.45) is -4.53. The van der Waals surface area contributed by atoms with E-state index in [1.54, 1.807) is 40.4 Å². The van der Waals surface area contributed by atoms with Crippen LogP contribution in [0.15, 0.2) is 24.7 Å². The molecule has 20 atom stereocenters. The van der Waals surface area contributed by atoms with Crippen molar-refractivity contribution in [2.24, 2.45) is 29.6 Å². The SMILES string of the molecule is CC[C@H]1OC(=O)[C@H](C)[C@@H](O[C@H]2C[C@@](C)(OC)[C@@H](O)[C@H](C)O2)[C@H](C)[C@@H](O[C@@H]2O[C@H](C)C[C@H](N(C)C)[C@H]2O)[C@H](OC)C[C@@H](C)C(O)[C@H](C)[C@H]2[C@H](SCCn3cnc4cccnc43)C(=O)O[C@@]21C. The Kier molecular flexibility index (Phi) is 17.1. The standard InChI is InChI=1S/C47H76N4O13S/c1-14-33-47(9)35(40(44(56)64-47)65-19-18-51-23-49-30-16-15-17-48-42(30)51)26(4)36(52)24(2)20-32(57-12)39(63-45-37(53)31(50(10)11)21-25(3)59-45)27(5)38(28(6)43(55)61-33)62-34-22-46(8,58-13)41(54)29(7)60-34/h15-17,23-29,31-41,45,52-54H,14,18-22H2,1-13H3/t24-,25-,26-,27+,28-,29+,31+,32-,33-,34+,35+,36?,37-,38+,39-,40+,41+,45+,46-,47-/m1/s1. The molecule has 65 heavy (non-hydrogen) atoms. The summed E-state index contributed by atoms with van der Waals surface area (Å²) in [7, 11) is 6.91. The Morgan fingerprint density at radius 3 is 2.32 bits per heavy atom. The second kappa shape index (κ2) is 21.4. The van der Waals surface area contributed by atoms with E-state index in [2.05, 4.69) is 9.97 Å². The Morgan fingerprint density at radius 2 is 1.66 bits per heavy atom. The maximum Gasteiger partial charge on any atom is 0.320 e. The van der Waals surface area contributed by atoms with Crippen LogP contribution in [-0.4, -0.2) is 171 Å². The average molecular weight is 937 g/mol. The zero-order valence-electron chi connectivity index (χ0n) is 40.6. The summed E-state index contributed by atoms with van der Waals surface area (Å²) in [5.41, 5.74) is -0.820. The zero-order chi connectivity index (χ0) is 47.7. The molecule has 18 heteroatoms. The number of nitrogens with zero attached hydrogens (tertiary/aromatic N) is 4. The number of carbonyl (C=O) groups excluding carboxylic acids is 2. The molecule has 17 nitrogen and oxygen atoms in total. The molecule has 3 N–H and O–H groups in total. The predicted molar refractivity (Wildman–Crippen MR) is 243 cm³/mol. The number of aromatic nitrogens is 3. The lowest BCUT2D eigenvalue weighted by Crippen LogP contribution is -2.59. The molecule has 0 aliphatic carbocycles. The van der Waals surface area contributed by atoms with Gasteiger partial charge in [0.05, 0.1) is 54.5 Å². The van der Waals surface area contributed by atoms with Gasteiger partial charge in [0.2, 0.25) is 0 Å². The quantitative estimate of drug-likeness (QED) is 0.255. The van der Waals surface area contributed by atoms with Gasteiger partial charge in [0, 0.05) is 57.0 Å². The Hall–Kier alpha value is -2.49. The molecule has 0 bridgehead atoms. The highest BCUT2D eigenvalue weighted by molar-refractivity contribution is 8.00. The Balaban J connectivity index is 1.39. The monoisotopic (exact) mass is 937 g/mol. The Labute approximate surface area is 388 Å². The summed E-state index contributed by atoms with van der Waals surface area (Å²) in [6, 6.07) is 3.47. The number of ether oxygens (including phenoxy) is 8. The molecule has 2 aromatic heterocycles. The fourth-order valence-electron chi connectivity index (χ4n) is 11.0. The third-order valence-electron chi connectivity index (χ3n) is 15.0. The van der Waals surface area contributed by atoms with Crippen LogP contribution in [0.25, 0.3) is 11.2 Å². The molecule has 4 fully saturated rings. The smallest absolute Gasteiger partial charge is 0.320 e. The first kappa shape index (κ1) is 51.9. The van der Waals surface area contributed by atoms with Gasteiger partial charge in [-0.3, -0.25) is 9.59 Å². The van der Waals surface area contributed by atoms with Crippen LogP contribution in [0.5, 0.6) is 0 Å². The number of methoxy groups -OCH3 is 2. The summed E-state index contributed by atoms with van der Waals surface area (Å²) in [5.74, 6) is -3.65. The van der Waals surface area contributed by atoms with E-state index in [4.69, 9.17) is 37.9 Å². The Morgan fingerprint density at radius 1 is 0.938 bits per heavy atom. The van der Waals surface area contributed by atoms with Crippen LogP contribution < -0.4 is 0 Å². The largest absolute Gasteiger partial charge is 0.458 e. The maximum absolute atomic E-state index is 14.9. The van der Waals surface area contributed by atoms with Gasteiger partial charge >= 0.3 is 11.9 Å². The third-order valence-corrected chi connectivity index (χ3v) is 16.3. The summed E-state index contributed by atoms with van der Waals surface area (Å²) in [5, 5.41) is 34.6. The maximum atomic E-state index is 14.9. The van der Waals surface area contributed by atoms with Gasteiger partial charge in [-0.15, -0.1) is 11.8 Å².